The van der Waals surface area contributed by atoms with E-state index in [2.05, 4.69) is 5.73 Å². The second kappa shape index (κ2) is 5.83. The molecule has 0 aromatic heterocycles. The topological polar surface area (TPSA) is 18.5 Å². The zero-order valence-corrected chi connectivity index (χ0v) is 11.2. The molecule has 1 rings (SSSR count). The molecule has 92 valence electrons. The van der Waals surface area contributed by atoms with Crippen molar-refractivity contribution in [3.05, 3.63) is 46.7 Å². The van der Waals surface area contributed by atoms with E-state index in [0.29, 0.717) is 0 Å². The molecule has 0 saturated carbocycles. The Balaban J connectivity index is 3.30. The SMILES string of the molecule is COC(C)(OC)c1ccccc1C=C=C(C)C. The Labute approximate surface area is 104 Å². The molecule has 0 unspecified atom stereocenters. The Hall–Kier alpha value is -1.34. The zero-order chi connectivity index (χ0) is 12.9. The van der Waals surface area contributed by atoms with Crippen molar-refractivity contribution in [2.24, 2.45) is 0 Å². The van der Waals surface area contributed by atoms with Gasteiger partial charge in [-0.15, -0.1) is 5.73 Å². The van der Waals surface area contributed by atoms with Crippen molar-refractivity contribution in [2.75, 3.05) is 14.2 Å². The molecule has 0 amide bonds. The summed E-state index contributed by atoms with van der Waals surface area (Å²) in [5, 5.41) is 0. The minimum Gasteiger partial charge on any atom is -0.349 e. The highest BCUT2D eigenvalue weighted by molar-refractivity contribution is 5.54. The van der Waals surface area contributed by atoms with Gasteiger partial charge < -0.3 is 9.47 Å². The van der Waals surface area contributed by atoms with E-state index in [9.17, 15) is 0 Å². The highest BCUT2D eigenvalue weighted by Gasteiger charge is 2.27. The molecule has 0 atom stereocenters. The molecule has 0 radical (unpaired) electrons. The first-order valence-electron chi connectivity index (χ1n) is 5.63. The Bertz CT molecular complexity index is 432. The normalized spacial score (nSPS) is 10.9. The first-order valence-corrected chi connectivity index (χ1v) is 5.63. The van der Waals surface area contributed by atoms with Crippen LogP contribution in [0.2, 0.25) is 0 Å². The summed E-state index contributed by atoms with van der Waals surface area (Å²) in [4.78, 5) is 0. The second-order valence-corrected chi connectivity index (χ2v) is 4.23. The monoisotopic (exact) mass is 232 g/mol. The minimum absolute atomic E-state index is 0.726. The van der Waals surface area contributed by atoms with Gasteiger partial charge in [-0.1, -0.05) is 24.3 Å². The quantitative estimate of drug-likeness (QED) is 0.581. The van der Waals surface area contributed by atoms with Crippen molar-refractivity contribution >= 4 is 6.08 Å². The van der Waals surface area contributed by atoms with Gasteiger partial charge in [-0.3, -0.25) is 0 Å². The molecular weight excluding hydrogens is 212 g/mol. The molecule has 0 fully saturated rings. The van der Waals surface area contributed by atoms with Crippen LogP contribution in [0.5, 0.6) is 0 Å². The number of benzene rings is 1. The fourth-order valence-electron chi connectivity index (χ4n) is 1.56. The van der Waals surface area contributed by atoms with Crippen LogP contribution in [0.15, 0.2) is 35.6 Å². The number of hydrogen-bond donors (Lipinski definition) is 0. The lowest BCUT2D eigenvalue weighted by Gasteiger charge is -2.28. The minimum atomic E-state index is -0.726. The van der Waals surface area contributed by atoms with E-state index in [-0.39, 0.29) is 0 Å². The van der Waals surface area contributed by atoms with E-state index < -0.39 is 5.79 Å². The van der Waals surface area contributed by atoms with Gasteiger partial charge in [0.2, 0.25) is 0 Å². The maximum atomic E-state index is 5.44. The van der Waals surface area contributed by atoms with Crippen LogP contribution in [0.1, 0.15) is 31.9 Å². The van der Waals surface area contributed by atoms with Crippen LogP contribution in [0.3, 0.4) is 0 Å². The highest BCUT2D eigenvalue weighted by atomic mass is 16.7. The summed E-state index contributed by atoms with van der Waals surface area (Å²) in [5.74, 6) is -0.726. The molecule has 0 aliphatic carbocycles. The number of ether oxygens (including phenoxy) is 2. The maximum Gasteiger partial charge on any atom is 0.191 e. The van der Waals surface area contributed by atoms with Crippen LogP contribution in [-0.4, -0.2) is 14.2 Å². The zero-order valence-electron chi connectivity index (χ0n) is 11.2. The van der Waals surface area contributed by atoms with Crippen LogP contribution >= 0.6 is 0 Å². The lowest BCUT2D eigenvalue weighted by atomic mass is 10.00. The van der Waals surface area contributed by atoms with E-state index in [4.69, 9.17) is 9.47 Å². The summed E-state index contributed by atoms with van der Waals surface area (Å²) >= 11 is 0. The van der Waals surface area contributed by atoms with Gasteiger partial charge in [0.15, 0.2) is 5.79 Å². The molecule has 0 aliphatic rings. The van der Waals surface area contributed by atoms with Gasteiger partial charge in [0.05, 0.1) is 0 Å². The van der Waals surface area contributed by atoms with E-state index in [1.165, 1.54) is 0 Å². The maximum absolute atomic E-state index is 5.44. The average Bonchev–Trinajstić information content (AvgIpc) is 2.35. The molecule has 0 saturated heterocycles. The molecule has 2 heteroatoms. The Morgan fingerprint density at radius 1 is 1.18 bits per heavy atom. The van der Waals surface area contributed by atoms with Crippen molar-refractivity contribution in [2.45, 2.75) is 26.6 Å². The van der Waals surface area contributed by atoms with Crippen molar-refractivity contribution in [3.63, 3.8) is 0 Å². The summed E-state index contributed by atoms with van der Waals surface area (Å²) in [6, 6.07) is 8.01. The van der Waals surface area contributed by atoms with Gasteiger partial charge in [0.1, 0.15) is 0 Å². The van der Waals surface area contributed by atoms with Crippen LogP contribution in [0, 0.1) is 0 Å². The van der Waals surface area contributed by atoms with Crippen molar-refractivity contribution in [3.8, 4) is 0 Å². The van der Waals surface area contributed by atoms with Gasteiger partial charge >= 0.3 is 0 Å². The Kier molecular flexibility index (Phi) is 4.71. The van der Waals surface area contributed by atoms with Gasteiger partial charge in [0, 0.05) is 19.8 Å². The summed E-state index contributed by atoms with van der Waals surface area (Å²) in [6.45, 7) is 5.94. The van der Waals surface area contributed by atoms with E-state index in [1.54, 1.807) is 14.2 Å². The Morgan fingerprint density at radius 3 is 2.29 bits per heavy atom. The third-order valence-corrected chi connectivity index (χ3v) is 2.75. The smallest absolute Gasteiger partial charge is 0.191 e. The molecular formula is C15H20O2. The molecule has 0 N–H and O–H groups in total. The highest BCUT2D eigenvalue weighted by Crippen LogP contribution is 2.28. The molecule has 0 heterocycles. The molecule has 0 bridgehead atoms. The summed E-state index contributed by atoms with van der Waals surface area (Å²) in [5.41, 5.74) is 6.39. The molecule has 17 heavy (non-hydrogen) atoms. The summed E-state index contributed by atoms with van der Waals surface area (Å²) < 4.78 is 10.9. The van der Waals surface area contributed by atoms with Gasteiger partial charge in [0.25, 0.3) is 0 Å². The third-order valence-electron chi connectivity index (χ3n) is 2.75. The number of rotatable bonds is 4. The van der Waals surface area contributed by atoms with E-state index in [1.807, 2.05) is 51.1 Å². The Morgan fingerprint density at radius 2 is 1.76 bits per heavy atom. The largest absolute Gasteiger partial charge is 0.349 e. The summed E-state index contributed by atoms with van der Waals surface area (Å²) in [7, 11) is 3.29. The molecule has 0 aliphatic heterocycles. The van der Waals surface area contributed by atoms with Crippen LogP contribution in [0.25, 0.3) is 6.08 Å². The average molecular weight is 232 g/mol. The fraction of sp³-hybridized carbons (Fsp3) is 0.400. The van der Waals surface area contributed by atoms with Crippen LogP contribution < -0.4 is 0 Å². The molecule has 1 aromatic carbocycles. The molecule has 2 nitrogen and oxygen atoms in total. The number of methoxy groups -OCH3 is 2. The third kappa shape index (κ3) is 3.31. The van der Waals surface area contributed by atoms with E-state index in [0.717, 1.165) is 16.7 Å². The summed E-state index contributed by atoms with van der Waals surface area (Å²) in [6.07, 6.45) is 1.96. The van der Waals surface area contributed by atoms with Gasteiger partial charge in [-0.05, 0) is 38.0 Å². The lowest BCUT2D eigenvalue weighted by Crippen LogP contribution is -2.27. The fourth-order valence-corrected chi connectivity index (χ4v) is 1.56. The molecule has 0 spiro atoms. The predicted octanol–water partition coefficient (Wildman–Crippen LogP) is 3.73. The van der Waals surface area contributed by atoms with Crippen molar-refractivity contribution in [1.82, 2.24) is 0 Å². The lowest BCUT2D eigenvalue weighted by molar-refractivity contribution is -0.201. The first kappa shape index (κ1) is 13.7. The van der Waals surface area contributed by atoms with Crippen molar-refractivity contribution < 1.29 is 9.47 Å². The van der Waals surface area contributed by atoms with Crippen LogP contribution in [-0.2, 0) is 15.3 Å². The van der Waals surface area contributed by atoms with Gasteiger partial charge in [-0.2, -0.15) is 0 Å². The predicted molar refractivity (Wildman–Crippen MR) is 70.7 cm³/mol. The van der Waals surface area contributed by atoms with Crippen molar-refractivity contribution in [1.29, 1.82) is 0 Å². The number of hydrogen-bond acceptors (Lipinski definition) is 2. The number of allylic oxidation sites excluding steroid dienone is 1. The van der Waals surface area contributed by atoms with Crippen LogP contribution in [0.4, 0.5) is 0 Å². The van der Waals surface area contributed by atoms with E-state index >= 15 is 0 Å². The first-order chi connectivity index (χ1) is 8.03. The van der Waals surface area contributed by atoms with Gasteiger partial charge in [-0.25, -0.2) is 0 Å². The second-order valence-electron chi connectivity index (χ2n) is 4.23. The molecule has 1 aromatic rings. The standard InChI is InChI=1S/C15H20O2/c1-12(2)10-11-13-8-6-7-9-14(13)15(3,16-4)17-5/h6-9,11H,1-5H3.